The van der Waals surface area contributed by atoms with E-state index in [1.807, 2.05) is 18.2 Å². The van der Waals surface area contributed by atoms with Crippen molar-refractivity contribution in [1.82, 2.24) is 5.32 Å². The van der Waals surface area contributed by atoms with Crippen molar-refractivity contribution in [3.8, 4) is 11.5 Å². The standard InChI is InChI=1S/C20H25N3O2.HI/c1-14-5-6-16(15(2)11-14)13-22-20(21-3)23-17-7-8-18-19(12-17)25-10-4-9-24-18;/h5-8,11-12H,4,9-10,13H2,1-3H3,(H2,21,22,23);1H. The van der Waals surface area contributed by atoms with Crippen LogP contribution in [0.4, 0.5) is 5.69 Å². The summed E-state index contributed by atoms with van der Waals surface area (Å²) in [6.07, 6.45) is 0.899. The number of halogens is 1. The highest BCUT2D eigenvalue weighted by Gasteiger charge is 2.11. The third-order valence-corrected chi connectivity index (χ3v) is 4.18. The largest absolute Gasteiger partial charge is 0.490 e. The number of aryl methyl sites for hydroxylation is 2. The Bertz CT molecular complexity index is 778. The van der Waals surface area contributed by atoms with E-state index in [-0.39, 0.29) is 24.0 Å². The van der Waals surface area contributed by atoms with E-state index in [0.717, 1.165) is 36.1 Å². The van der Waals surface area contributed by atoms with Gasteiger partial charge in [0, 0.05) is 31.8 Å². The van der Waals surface area contributed by atoms with E-state index in [0.29, 0.717) is 13.2 Å². The number of hydrogen-bond donors (Lipinski definition) is 2. The topological polar surface area (TPSA) is 54.9 Å². The summed E-state index contributed by atoms with van der Waals surface area (Å²) < 4.78 is 11.4. The Morgan fingerprint density at radius 2 is 1.81 bits per heavy atom. The van der Waals surface area contributed by atoms with E-state index in [9.17, 15) is 0 Å². The van der Waals surface area contributed by atoms with Crippen molar-refractivity contribution in [1.29, 1.82) is 0 Å². The molecule has 2 aromatic carbocycles. The predicted molar refractivity (Wildman–Crippen MR) is 117 cm³/mol. The van der Waals surface area contributed by atoms with Gasteiger partial charge >= 0.3 is 0 Å². The van der Waals surface area contributed by atoms with Gasteiger partial charge in [0.15, 0.2) is 17.5 Å². The van der Waals surface area contributed by atoms with Crippen LogP contribution in [0.5, 0.6) is 11.5 Å². The average molecular weight is 467 g/mol. The third kappa shape index (κ3) is 5.27. The summed E-state index contributed by atoms with van der Waals surface area (Å²) in [5.41, 5.74) is 4.72. The van der Waals surface area contributed by atoms with E-state index in [4.69, 9.17) is 9.47 Å². The zero-order chi connectivity index (χ0) is 17.6. The molecule has 0 radical (unpaired) electrons. The van der Waals surface area contributed by atoms with Gasteiger partial charge in [-0.3, -0.25) is 4.99 Å². The van der Waals surface area contributed by atoms with E-state index < -0.39 is 0 Å². The van der Waals surface area contributed by atoms with Crippen molar-refractivity contribution in [2.24, 2.45) is 4.99 Å². The first-order valence-corrected chi connectivity index (χ1v) is 8.59. The minimum atomic E-state index is 0. The molecule has 2 aromatic rings. The molecule has 140 valence electrons. The second-order valence-corrected chi connectivity index (χ2v) is 6.19. The zero-order valence-electron chi connectivity index (χ0n) is 15.5. The molecule has 0 fully saturated rings. The molecule has 0 bridgehead atoms. The molecule has 2 N–H and O–H groups in total. The second-order valence-electron chi connectivity index (χ2n) is 6.19. The highest BCUT2D eigenvalue weighted by atomic mass is 127. The summed E-state index contributed by atoms with van der Waals surface area (Å²) >= 11 is 0. The lowest BCUT2D eigenvalue weighted by molar-refractivity contribution is 0.297. The van der Waals surface area contributed by atoms with Crippen molar-refractivity contribution in [2.75, 3.05) is 25.6 Å². The van der Waals surface area contributed by atoms with Gasteiger partial charge in [-0.25, -0.2) is 0 Å². The first-order chi connectivity index (χ1) is 12.2. The second kappa shape index (κ2) is 9.66. The van der Waals surface area contributed by atoms with Gasteiger partial charge in [0.1, 0.15) is 0 Å². The Morgan fingerprint density at radius 3 is 2.54 bits per heavy atom. The quantitative estimate of drug-likeness (QED) is 0.402. The van der Waals surface area contributed by atoms with Crippen LogP contribution in [-0.2, 0) is 6.54 Å². The van der Waals surface area contributed by atoms with Gasteiger partial charge in [0.25, 0.3) is 0 Å². The van der Waals surface area contributed by atoms with Crippen LogP contribution >= 0.6 is 24.0 Å². The van der Waals surface area contributed by atoms with Crippen molar-refractivity contribution in [3.63, 3.8) is 0 Å². The Balaban J connectivity index is 0.00000243. The molecule has 0 atom stereocenters. The first-order valence-electron chi connectivity index (χ1n) is 8.59. The van der Waals surface area contributed by atoms with Crippen LogP contribution in [0.2, 0.25) is 0 Å². The van der Waals surface area contributed by atoms with Gasteiger partial charge in [-0.1, -0.05) is 23.8 Å². The number of benzene rings is 2. The maximum Gasteiger partial charge on any atom is 0.195 e. The molecule has 3 rings (SSSR count). The van der Waals surface area contributed by atoms with Gasteiger partial charge in [0.05, 0.1) is 13.2 Å². The number of guanidine groups is 1. The summed E-state index contributed by atoms with van der Waals surface area (Å²) in [7, 11) is 1.76. The molecule has 0 saturated carbocycles. The fraction of sp³-hybridized carbons (Fsp3) is 0.350. The van der Waals surface area contributed by atoms with Gasteiger partial charge in [-0.2, -0.15) is 0 Å². The molecular formula is C20H26IN3O2. The molecule has 26 heavy (non-hydrogen) atoms. The van der Waals surface area contributed by atoms with Crippen molar-refractivity contribution < 1.29 is 9.47 Å². The Morgan fingerprint density at radius 1 is 1.04 bits per heavy atom. The molecule has 0 unspecified atom stereocenters. The molecule has 0 amide bonds. The fourth-order valence-corrected chi connectivity index (χ4v) is 2.78. The molecule has 0 spiro atoms. The predicted octanol–water partition coefficient (Wildman–Crippen LogP) is 4.27. The van der Waals surface area contributed by atoms with Crippen LogP contribution in [-0.4, -0.2) is 26.2 Å². The number of aliphatic imine (C=N–C) groups is 1. The molecule has 5 nitrogen and oxygen atoms in total. The Labute approximate surface area is 172 Å². The maximum atomic E-state index is 5.74. The number of nitrogens with one attached hydrogen (secondary N) is 2. The van der Waals surface area contributed by atoms with Gasteiger partial charge in [0.2, 0.25) is 0 Å². The average Bonchev–Trinajstić information content (AvgIpc) is 2.84. The number of ether oxygens (including phenoxy) is 2. The molecule has 0 aliphatic carbocycles. The van der Waals surface area contributed by atoms with Crippen molar-refractivity contribution >= 4 is 35.6 Å². The molecular weight excluding hydrogens is 441 g/mol. The highest BCUT2D eigenvalue weighted by Crippen LogP contribution is 2.32. The SMILES string of the molecule is CN=C(NCc1ccc(C)cc1C)Nc1ccc2c(c1)OCCCO2.I. The molecule has 0 aromatic heterocycles. The summed E-state index contributed by atoms with van der Waals surface area (Å²) in [4.78, 5) is 4.30. The number of rotatable bonds is 3. The lowest BCUT2D eigenvalue weighted by atomic mass is 10.1. The van der Waals surface area contributed by atoms with E-state index in [1.165, 1.54) is 16.7 Å². The van der Waals surface area contributed by atoms with Gasteiger partial charge in [-0.15, -0.1) is 24.0 Å². The summed E-state index contributed by atoms with van der Waals surface area (Å²) in [6, 6.07) is 12.3. The lowest BCUT2D eigenvalue weighted by Crippen LogP contribution is -2.30. The maximum absolute atomic E-state index is 5.74. The van der Waals surface area contributed by atoms with Crippen LogP contribution in [0.25, 0.3) is 0 Å². The zero-order valence-corrected chi connectivity index (χ0v) is 17.8. The summed E-state index contributed by atoms with van der Waals surface area (Å²) in [5.74, 6) is 2.28. The normalized spacial score (nSPS) is 13.4. The lowest BCUT2D eigenvalue weighted by Gasteiger charge is -2.15. The third-order valence-electron chi connectivity index (χ3n) is 4.18. The van der Waals surface area contributed by atoms with Crippen LogP contribution in [0.3, 0.4) is 0 Å². The minimum absolute atomic E-state index is 0. The highest BCUT2D eigenvalue weighted by molar-refractivity contribution is 14.0. The van der Waals surface area contributed by atoms with E-state index in [2.05, 4.69) is 47.7 Å². The monoisotopic (exact) mass is 467 g/mol. The molecule has 1 heterocycles. The van der Waals surface area contributed by atoms with Gasteiger partial charge in [-0.05, 0) is 37.1 Å². The molecule has 1 aliphatic heterocycles. The molecule has 0 saturated heterocycles. The summed E-state index contributed by atoms with van der Waals surface area (Å²) in [6.45, 7) is 6.32. The molecule has 1 aliphatic rings. The van der Waals surface area contributed by atoms with E-state index >= 15 is 0 Å². The van der Waals surface area contributed by atoms with Crippen LogP contribution in [0, 0.1) is 13.8 Å². The number of hydrogen-bond acceptors (Lipinski definition) is 3. The molecule has 6 heteroatoms. The smallest absolute Gasteiger partial charge is 0.195 e. The Hall–Kier alpha value is -1.96. The van der Waals surface area contributed by atoms with Crippen LogP contribution in [0.15, 0.2) is 41.4 Å². The number of fused-ring (bicyclic) bond motifs is 1. The first kappa shape index (κ1) is 20.4. The number of nitrogens with zero attached hydrogens (tertiary/aromatic N) is 1. The van der Waals surface area contributed by atoms with Crippen LogP contribution < -0.4 is 20.1 Å². The fourth-order valence-electron chi connectivity index (χ4n) is 2.78. The minimum Gasteiger partial charge on any atom is -0.490 e. The van der Waals surface area contributed by atoms with Crippen molar-refractivity contribution in [2.45, 2.75) is 26.8 Å². The summed E-state index contributed by atoms with van der Waals surface area (Å²) in [5, 5.41) is 6.66. The van der Waals surface area contributed by atoms with E-state index in [1.54, 1.807) is 7.05 Å². The van der Waals surface area contributed by atoms with Crippen LogP contribution in [0.1, 0.15) is 23.1 Å². The Kier molecular flexibility index (Phi) is 7.56. The van der Waals surface area contributed by atoms with Gasteiger partial charge < -0.3 is 20.1 Å². The number of anilines is 1. The van der Waals surface area contributed by atoms with Crippen molar-refractivity contribution in [3.05, 3.63) is 53.1 Å².